The van der Waals surface area contributed by atoms with Gasteiger partial charge in [0.15, 0.2) is 0 Å². The molecule has 3 nitrogen and oxygen atoms in total. The van der Waals surface area contributed by atoms with Gasteiger partial charge in [0, 0.05) is 0 Å². The van der Waals surface area contributed by atoms with Crippen molar-refractivity contribution in [1.29, 1.82) is 0 Å². The molecular formula is C17H26O3. The lowest BCUT2D eigenvalue weighted by Gasteiger charge is -2.05. The second-order valence-electron chi connectivity index (χ2n) is 5.05. The third-order valence-corrected chi connectivity index (χ3v) is 3.22. The van der Waals surface area contributed by atoms with Gasteiger partial charge in [-0.1, -0.05) is 51.7 Å². The highest BCUT2D eigenvalue weighted by atomic mass is 17.2. The topological polar surface area (TPSA) is 35.5 Å². The fraction of sp³-hybridized carbons (Fsp3) is 0.588. The fourth-order valence-electron chi connectivity index (χ4n) is 1.92. The number of benzene rings is 1. The maximum atomic E-state index is 11.7. The Morgan fingerprint density at radius 3 is 2.30 bits per heavy atom. The van der Waals surface area contributed by atoms with Gasteiger partial charge in [-0.05, 0) is 37.0 Å². The Morgan fingerprint density at radius 1 is 0.950 bits per heavy atom. The van der Waals surface area contributed by atoms with Crippen LogP contribution in [0.15, 0.2) is 24.3 Å². The monoisotopic (exact) mass is 278 g/mol. The van der Waals surface area contributed by atoms with Crippen molar-refractivity contribution in [1.82, 2.24) is 0 Å². The Bertz CT molecular complexity index is 370. The smallest absolute Gasteiger partial charge is 0.293 e. The molecule has 0 aliphatic carbocycles. The molecule has 0 unspecified atom stereocenters. The van der Waals surface area contributed by atoms with Gasteiger partial charge >= 0.3 is 5.97 Å². The van der Waals surface area contributed by atoms with Crippen molar-refractivity contribution in [2.45, 2.75) is 58.8 Å². The van der Waals surface area contributed by atoms with Crippen LogP contribution in [-0.4, -0.2) is 12.6 Å². The molecule has 0 atom stereocenters. The Kier molecular flexibility index (Phi) is 8.72. The molecule has 20 heavy (non-hydrogen) atoms. The molecule has 0 aromatic heterocycles. The van der Waals surface area contributed by atoms with Crippen LogP contribution in [0.5, 0.6) is 0 Å². The summed E-state index contributed by atoms with van der Waals surface area (Å²) >= 11 is 0. The zero-order valence-electron chi connectivity index (χ0n) is 12.7. The lowest BCUT2D eigenvalue weighted by Crippen LogP contribution is -2.07. The molecule has 0 radical (unpaired) electrons. The molecular weight excluding hydrogens is 252 g/mol. The average molecular weight is 278 g/mol. The predicted octanol–water partition coefficient (Wildman–Crippen LogP) is 4.70. The van der Waals surface area contributed by atoms with Crippen LogP contribution in [0.1, 0.15) is 68.3 Å². The largest absolute Gasteiger partial charge is 0.373 e. The standard InChI is InChI=1S/C17H26O3/c1-3-5-7-8-14-19-20-17(18)16-12-10-15(11-13-16)9-6-4-2/h10-13H,3-9,14H2,1-2H3. The van der Waals surface area contributed by atoms with Crippen LogP contribution in [0.3, 0.4) is 0 Å². The number of rotatable bonds is 10. The van der Waals surface area contributed by atoms with E-state index in [1.54, 1.807) is 12.1 Å². The molecule has 0 heterocycles. The minimum absolute atomic E-state index is 0.414. The Balaban J connectivity index is 2.25. The van der Waals surface area contributed by atoms with Gasteiger partial charge in [-0.15, -0.1) is 0 Å². The van der Waals surface area contributed by atoms with Crippen molar-refractivity contribution in [2.24, 2.45) is 0 Å². The molecule has 1 rings (SSSR count). The van der Waals surface area contributed by atoms with Gasteiger partial charge in [0.1, 0.15) is 0 Å². The van der Waals surface area contributed by atoms with Crippen LogP contribution in [0.25, 0.3) is 0 Å². The molecule has 0 amide bonds. The van der Waals surface area contributed by atoms with Crippen molar-refractivity contribution < 1.29 is 14.6 Å². The lowest BCUT2D eigenvalue weighted by atomic mass is 10.1. The van der Waals surface area contributed by atoms with Crippen molar-refractivity contribution in [3.63, 3.8) is 0 Å². The number of aryl methyl sites for hydroxylation is 1. The first-order valence-corrected chi connectivity index (χ1v) is 7.70. The number of carbonyl (C=O) groups is 1. The molecule has 1 aromatic carbocycles. The highest BCUT2D eigenvalue weighted by Gasteiger charge is 2.07. The summed E-state index contributed by atoms with van der Waals surface area (Å²) in [5, 5.41) is 0. The first-order valence-electron chi connectivity index (χ1n) is 7.70. The highest BCUT2D eigenvalue weighted by Crippen LogP contribution is 2.09. The quantitative estimate of drug-likeness (QED) is 0.353. The molecule has 0 N–H and O–H groups in total. The second-order valence-corrected chi connectivity index (χ2v) is 5.05. The summed E-state index contributed by atoms with van der Waals surface area (Å²) in [6, 6.07) is 7.56. The number of unbranched alkanes of at least 4 members (excludes halogenated alkanes) is 4. The number of carbonyl (C=O) groups excluding carboxylic acids is 1. The number of hydrogen-bond acceptors (Lipinski definition) is 3. The minimum atomic E-state index is -0.414. The summed E-state index contributed by atoms with van der Waals surface area (Å²) < 4.78 is 0. The maximum Gasteiger partial charge on any atom is 0.373 e. The van der Waals surface area contributed by atoms with E-state index in [-0.39, 0.29) is 0 Å². The van der Waals surface area contributed by atoms with E-state index in [1.807, 2.05) is 12.1 Å². The first kappa shape index (κ1) is 16.7. The van der Waals surface area contributed by atoms with E-state index in [4.69, 9.17) is 9.78 Å². The van der Waals surface area contributed by atoms with Crippen LogP contribution in [0, 0.1) is 0 Å². The first-order chi connectivity index (χ1) is 9.77. The van der Waals surface area contributed by atoms with Gasteiger partial charge < -0.3 is 0 Å². The van der Waals surface area contributed by atoms with Crippen molar-refractivity contribution >= 4 is 5.97 Å². The van der Waals surface area contributed by atoms with Crippen LogP contribution < -0.4 is 0 Å². The third kappa shape index (κ3) is 6.71. The molecule has 0 spiro atoms. The van der Waals surface area contributed by atoms with Crippen LogP contribution in [0.2, 0.25) is 0 Å². The summed E-state index contributed by atoms with van der Waals surface area (Å²) in [5.74, 6) is -0.414. The van der Waals surface area contributed by atoms with Crippen LogP contribution in [0.4, 0.5) is 0 Å². The second kappa shape index (κ2) is 10.4. The van der Waals surface area contributed by atoms with Gasteiger partial charge in [-0.2, -0.15) is 4.89 Å². The normalized spacial score (nSPS) is 10.5. The Morgan fingerprint density at radius 2 is 1.65 bits per heavy atom. The average Bonchev–Trinajstić information content (AvgIpc) is 2.49. The van der Waals surface area contributed by atoms with Gasteiger partial charge in [0.2, 0.25) is 0 Å². The summed E-state index contributed by atoms with van der Waals surface area (Å²) in [6.07, 6.45) is 7.82. The molecule has 1 aromatic rings. The zero-order chi connectivity index (χ0) is 14.6. The molecule has 3 heteroatoms. The third-order valence-electron chi connectivity index (χ3n) is 3.22. The van der Waals surface area contributed by atoms with E-state index in [9.17, 15) is 4.79 Å². The minimum Gasteiger partial charge on any atom is -0.293 e. The summed E-state index contributed by atoms with van der Waals surface area (Å²) in [6.45, 7) is 4.80. The lowest BCUT2D eigenvalue weighted by molar-refractivity contribution is -0.241. The maximum absolute atomic E-state index is 11.7. The molecule has 0 aliphatic rings. The van der Waals surface area contributed by atoms with Gasteiger partial charge in [0.25, 0.3) is 0 Å². The fourth-order valence-corrected chi connectivity index (χ4v) is 1.92. The van der Waals surface area contributed by atoms with E-state index in [0.717, 1.165) is 19.3 Å². The highest BCUT2D eigenvalue weighted by molar-refractivity contribution is 5.88. The van der Waals surface area contributed by atoms with E-state index in [0.29, 0.717) is 12.2 Å². The van der Waals surface area contributed by atoms with Crippen molar-refractivity contribution in [3.8, 4) is 0 Å². The van der Waals surface area contributed by atoms with Crippen LogP contribution in [-0.2, 0) is 16.2 Å². The van der Waals surface area contributed by atoms with E-state index in [2.05, 4.69) is 13.8 Å². The zero-order valence-corrected chi connectivity index (χ0v) is 12.7. The van der Waals surface area contributed by atoms with E-state index >= 15 is 0 Å². The molecule has 112 valence electrons. The molecule has 0 saturated heterocycles. The van der Waals surface area contributed by atoms with Gasteiger partial charge in [-0.3, -0.25) is 4.89 Å². The van der Waals surface area contributed by atoms with Crippen LogP contribution >= 0.6 is 0 Å². The molecule has 0 saturated carbocycles. The van der Waals surface area contributed by atoms with Crippen molar-refractivity contribution in [3.05, 3.63) is 35.4 Å². The molecule has 0 bridgehead atoms. The number of hydrogen-bond donors (Lipinski definition) is 0. The van der Waals surface area contributed by atoms with E-state index < -0.39 is 5.97 Å². The summed E-state index contributed by atoms with van der Waals surface area (Å²) in [7, 11) is 0. The SMILES string of the molecule is CCCCCCOOC(=O)c1ccc(CCCC)cc1. The van der Waals surface area contributed by atoms with Crippen molar-refractivity contribution in [2.75, 3.05) is 6.61 Å². The van der Waals surface area contributed by atoms with Gasteiger partial charge in [0.05, 0.1) is 12.2 Å². The summed E-state index contributed by atoms with van der Waals surface area (Å²) in [4.78, 5) is 21.4. The molecule has 0 fully saturated rings. The Labute approximate surface area is 122 Å². The Hall–Kier alpha value is -1.35. The predicted molar refractivity (Wildman–Crippen MR) is 80.6 cm³/mol. The van der Waals surface area contributed by atoms with E-state index in [1.165, 1.54) is 31.2 Å². The van der Waals surface area contributed by atoms with Gasteiger partial charge in [-0.25, -0.2) is 4.79 Å². The summed E-state index contributed by atoms with van der Waals surface area (Å²) in [5.41, 5.74) is 1.79. The molecule has 0 aliphatic heterocycles.